The molecule has 0 spiro atoms. The Morgan fingerprint density at radius 3 is 2.61 bits per heavy atom. The summed E-state index contributed by atoms with van der Waals surface area (Å²) in [7, 11) is 0. The first kappa shape index (κ1) is 13.7. The smallest absolute Gasteiger partial charge is 0.0856 e. The summed E-state index contributed by atoms with van der Waals surface area (Å²) in [5.74, 6) is 0. The van der Waals surface area contributed by atoms with E-state index >= 15 is 0 Å². The fourth-order valence-electron chi connectivity index (χ4n) is 1.70. The number of nitrogens with zero attached hydrogens (tertiary/aromatic N) is 1. The molecule has 0 aliphatic rings. The first-order valence-corrected chi connectivity index (χ1v) is 7.19. The van der Waals surface area contributed by atoms with E-state index in [0.29, 0.717) is 6.42 Å². The van der Waals surface area contributed by atoms with E-state index in [1.165, 1.54) is 0 Å². The average molecular weight is 371 g/mol. The number of aliphatic hydroxyl groups excluding tert-OH is 1. The van der Waals surface area contributed by atoms with Crippen molar-refractivity contribution < 1.29 is 5.11 Å². The number of halogens is 2. The number of pyridine rings is 1. The molecule has 0 radical (unpaired) electrons. The van der Waals surface area contributed by atoms with Crippen molar-refractivity contribution in [2.75, 3.05) is 0 Å². The number of benzene rings is 1. The normalized spacial score (nSPS) is 12.4. The van der Waals surface area contributed by atoms with E-state index in [9.17, 15) is 5.11 Å². The van der Waals surface area contributed by atoms with E-state index in [1.54, 1.807) is 0 Å². The highest BCUT2D eigenvalue weighted by atomic mass is 79.9. The molecule has 94 valence electrons. The number of hydrogen-bond donors (Lipinski definition) is 1. The van der Waals surface area contributed by atoms with Crippen LogP contribution < -0.4 is 0 Å². The maximum absolute atomic E-state index is 10.2. The van der Waals surface area contributed by atoms with E-state index < -0.39 is 6.10 Å². The van der Waals surface area contributed by atoms with E-state index in [4.69, 9.17) is 0 Å². The summed E-state index contributed by atoms with van der Waals surface area (Å²) in [6.45, 7) is 2.00. The molecule has 1 aromatic heterocycles. The lowest BCUT2D eigenvalue weighted by molar-refractivity contribution is 0.176. The van der Waals surface area contributed by atoms with Crippen molar-refractivity contribution in [3.8, 4) is 0 Å². The van der Waals surface area contributed by atoms with Crippen molar-refractivity contribution in [2.24, 2.45) is 0 Å². The molecule has 4 heteroatoms. The highest BCUT2D eigenvalue weighted by Gasteiger charge is 2.12. The van der Waals surface area contributed by atoms with Crippen LogP contribution in [-0.2, 0) is 6.42 Å². The Morgan fingerprint density at radius 1 is 1.22 bits per heavy atom. The van der Waals surface area contributed by atoms with Gasteiger partial charge in [0.2, 0.25) is 0 Å². The van der Waals surface area contributed by atoms with Crippen LogP contribution in [-0.4, -0.2) is 10.1 Å². The van der Waals surface area contributed by atoms with Crippen molar-refractivity contribution in [3.05, 3.63) is 62.3 Å². The summed E-state index contributed by atoms with van der Waals surface area (Å²) in [5, 5.41) is 10.2. The Bertz CT molecular complexity index is 540. The number of aliphatic hydroxyl groups is 1. The zero-order chi connectivity index (χ0) is 13.1. The second-order valence-electron chi connectivity index (χ2n) is 4.21. The van der Waals surface area contributed by atoms with Crippen LogP contribution in [0.25, 0.3) is 0 Å². The molecule has 1 unspecified atom stereocenters. The molecule has 1 N–H and O–H groups in total. The van der Waals surface area contributed by atoms with Gasteiger partial charge in [0.15, 0.2) is 0 Å². The van der Waals surface area contributed by atoms with Gasteiger partial charge in [0, 0.05) is 27.3 Å². The fourth-order valence-corrected chi connectivity index (χ4v) is 3.01. The number of aryl methyl sites for hydroxylation is 1. The Kier molecular flexibility index (Phi) is 4.54. The summed E-state index contributed by atoms with van der Waals surface area (Å²) in [6, 6.07) is 9.72. The maximum atomic E-state index is 10.2. The summed E-state index contributed by atoms with van der Waals surface area (Å²) in [6.07, 6.45) is 1.78. The summed E-state index contributed by atoms with van der Waals surface area (Å²) in [5.41, 5.74) is 2.89. The molecule has 0 saturated carbocycles. The quantitative estimate of drug-likeness (QED) is 0.878. The lowest BCUT2D eigenvalue weighted by atomic mass is 10.0. The van der Waals surface area contributed by atoms with Crippen molar-refractivity contribution >= 4 is 31.9 Å². The number of aromatic nitrogens is 1. The van der Waals surface area contributed by atoms with Crippen LogP contribution in [0.2, 0.25) is 0 Å². The van der Waals surface area contributed by atoms with Gasteiger partial charge in [-0.1, -0.05) is 44.0 Å². The predicted molar refractivity (Wildman–Crippen MR) is 79.5 cm³/mol. The number of hydrogen-bond acceptors (Lipinski definition) is 2. The monoisotopic (exact) mass is 369 g/mol. The van der Waals surface area contributed by atoms with Gasteiger partial charge in [-0.3, -0.25) is 4.98 Å². The molecular weight excluding hydrogens is 358 g/mol. The van der Waals surface area contributed by atoms with Gasteiger partial charge in [-0.15, -0.1) is 0 Å². The third-order valence-electron chi connectivity index (χ3n) is 2.70. The summed E-state index contributed by atoms with van der Waals surface area (Å²) >= 11 is 6.86. The van der Waals surface area contributed by atoms with Crippen LogP contribution in [0.5, 0.6) is 0 Å². The van der Waals surface area contributed by atoms with Crippen LogP contribution >= 0.6 is 31.9 Å². The van der Waals surface area contributed by atoms with Gasteiger partial charge < -0.3 is 5.11 Å². The second kappa shape index (κ2) is 5.95. The molecule has 2 aromatic rings. The molecule has 0 amide bonds. The van der Waals surface area contributed by atoms with Crippen molar-refractivity contribution in [1.29, 1.82) is 0 Å². The van der Waals surface area contributed by atoms with Crippen LogP contribution in [0.3, 0.4) is 0 Å². The minimum atomic E-state index is -0.553. The van der Waals surface area contributed by atoms with Gasteiger partial charge >= 0.3 is 0 Å². The molecule has 0 aliphatic carbocycles. The Hall–Kier alpha value is -0.710. The Labute approximate surface area is 123 Å². The Balaban J connectivity index is 2.16. The van der Waals surface area contributed by atoms with Crippen molar-refractivity contribution in [3.63, 3.8) is 0 Å². The highest BCUT2D eigenvalue weighted by Crippen LogP contribution is 2.28. The SMILES string of the molecule is Cc1ccc(CC(O)c2ccc(Br)cc2Br)nc1. The van der Waals surface area contributed by atoms with Crippen LogP contribution in [0.15, 0.2) is 45.5 Å². The third kappa shape index (κ3) is 3.40. The number of rotatable bonds is 3. The van der Waals surface area contributed by atoms with Crippen molar-refractivity contribution in [1.82, 2.24) is 4.98 Å². The van der Waals surface area contributed by atoms with Gasteiger partial charge in [0.05, 0.1) is 6.10 Å². The standard InChI is InChI=1S/C14H13Br2NO/c1-9-2-4-11(17-8-9)7-14(18)12-5-3-10(15)6-13(12)16/h2-6,8,14,18H,7H2,1H3. The molecule has 0 bridgehead atoms. The van der Waals surface area contributed by atoms with E-state index in [0.717, 1.165) is 25.8 Å². The largest absolute Gasteiger partial charge is 0.388 e. The molecule has 1 heterocycles. The molecule has 0 fully saturated rings. The molecule has 2 nitrogen and oxygen atoms in total. The Morgan fingerprint density at radius 2 is 2.00 bits per heavy atom. The maximum Gasteiger partial charge on any atom is 0.0856 e. The van der Waals surface area contributed by atoms with Gasteiger partial charge in [0.1, 0.15) is 0 Å². The molecule has 2 rings (SSSR count). The fraction of sp³-hybridized carbons (Fsp3) is 0.214. The van der Waals surface area contributed by atoms with Crippen LogP contribution in [0.1, 0.15) is 22.9 Å². The van der Waals surface area contributed by atoms with Crippen LogP contribution in [0.4, 0.5) is 0 Å². The first-order chi connectivity index (χ1) is 8.56. The minimum absolute atomic E-state index is 0.514. The topological polar surface area (TPSA) is 33.1 Å². The average Bonchev–Trinajstić information content (AvgIpc) is 2.32. The van der Waals surface area contributed by atoms with Gasteiger partial charge in [0.25, 0.3) is 0 Å². The molecule has 18 heavy (non-hydrogen) atoms. The van der Waals surface area contributed by atoms with Gasteiger partial charge in [-0.2, -0.15) is 0 Å². The minimum Gasteiger partial charge on any atom is -0.388 e. The highest BCUT2D eigenvalue weighted by molar-refractivity contribution is 9.11. The lowest BCUT2D eigenvalue weighted by Gasteiger charge is -2.13. The van der Waals surface area contributed by atoms with Gasteiger partial charge in [-0.25, -0.2) is 0 Å². The van der Waals surface area contributed by atoms with E-state index in [-0.39, 0.29) is 0 Å². The van der Waals surface area contributed by atoms with Gasteiger partial charge in [-0.05, 0) is 36.2 Å². The third-order valence-corrected chi connectivity index (χ3v) is 3.88. The first-order valence-electron chi connectivity index (χ1n) is 5.61. The molecule has 0 aliphatic heterocycles. The second-order valence-corrected chi connectivity index (χ2v) is 5.98. The molecule has 0 saturated heterocycles. The zero-order valence-corrected chi connectivity index (χ0v) is 13.1. The summed E-state index contributed by atoms with van der Waals surface area (Å²) < 4.78 is 1.88. The molecule has 1 aromatic carbocycles. The van der Waals surface area contributed by atoms with Crippen LogP contribution in [0, 0.1) is 6.92 Å². The molecular formula is C14H13Br2NO. The van der Waals surface area contributed by atoms with E-state index in [1.807, 2.05) is 43.5 Å². The lowest BCUT2D eigenvalue weighted by Crippen LogP contribution is -2.04. The van der Waals surface area contributed by atoms with Crippen molar-refractivity contribution in [2.45, 2.75) is 19.4 Å². The predicted octanol–water partition coefficient (Wildman–Crippen LogP) is 4.19. The van der Waals surface area contributed by atoms with E-state index in [2.05, 4.69) is 36.8 Å². The zero-order valence-electron chi connectivity index (χ0n) is 9.90. The summed E-state index contributed by atoms with van der Waals surface area (Å²) in [4.78, 5) is 4.31. The molecule has 1 atom stereocenters.